The first-order valence-corrected chi connectivity index (χ1v) is 12.8. The van der Waals surface area contributed by atoms with Crippen LogP contribution in [0.2, 0.25) is 0 Å². The van der Waals surface area contributed by atoms with Gasteiger partial charge in [-0.3, -0.25) is 9.69 Å². The number of hydrogen-bond acceptors (Lipinski definition) is 6. The third kappa shape index (κ3) is 6.73. The molecule has 1 N–H and O–H groups in total. The summed E-state index contributed by atoms with van der Waals surface area (Å²) in [5.41, 5.74) is 1.11. The zero-order valence-electron chi connectivity index (χ0n) is 18.9. The molecule has 3 rings (SSSR count). The Morgan fingerprint density at radius 1 is 1.00 bits per heavy atom. The van der Waals surface area contributed by atoms with Gasteiger partial charge in [-0.25, -0.2) is 8.42 Å². The number of hydrogen-bond donors (Lipinski definition) is 1. The summed E-state index contributed by atoms with van der Waals surface area (Å²) in [4.78, 5) is 19.4. The van der Waals surface area contributed by atoms with E-state index in [0.717, 1.165) is 51.3 Å². The van der Waals surface area contributed by atoms with Crippen molar-refractivity contribution >= 4 is 15.9 Å². The van der Waals surface area contributed by atoms with Gasteiger partial charge >= 0.3 is 0 Å². The summed E-state index contributed by atoms with van der Waals surface area (Å²) >= 11 is 0. The highest BCUT2D eigenvalue weighted by Gasteiger charge is 2.27. The van der Waals surface area contributed by atoms with Crippen LogP contribution < -0.4 is 5.32 Å². The highest BCUT2D eigenvalue weighted by Crippen LogP contribution is 2.18. The molecule has 2 aliphatic rings. The number of carbonyl (C=O) groups is 1. The van der Waals surface area contributed by atoms with Gasteiger partial charge in [0, 0.05) is 78.4 Å². The molecule has 2 fully saturated rings. The molecule has 0 radical (unpaired) electrons. The molecule has 2 saturated heterocycles. The lowest BCUT2D eigenvalue weighted by Gasteiger charge is -2.34. The van der Waals surface area contributed by atoms with Gasteiger partial charge in [0.2, 0.25) is 15.9 Å². The van der Waals surface area contributed by atoms with Gasteiger partial charge < -0.3 is 15.1 Å². The summed E-state index contributed by atoms with van der Waals surface area (Å²) < 4.78 is 28.3. The number of piperazine rings is 2. The largest absolute Gasteiger partial charge is 0.340 e. The van der Waals surface area contributed by atoms with Crippen LogP contribution >= 0.6 is 0 Å². The molecule has 0 atom stereocenters. The Morgan fingerprint density at radius 3 is 2.26 bits per heavy atom. The average molecular weight is 452 g/mol. The maximum absolute atomic E-state index is 13.4. The number of sulfonamides is 1. The fraction of sp³-hybridized carbons (Fsp3) is 0.682. The van der Waals surface area contributed by atoms with Crippen LogP contribution in [0.25, 0.3) is 0 Å². The van der Waals surface area contributed by atoms with E-state index >= 15 is 0 Å². The smallest absolute Gasteiger partial charge is 0.243 e. The maximum atomic E-state index is 13.4. The minimum Gasteiger partial charge on any atom is -0.340 e. The fourth-order valence-electron chi connectivity index (χ4n) is 4.02. The van der Waals surface area contributed by atoms with Crippen LogP contribution in [0.4, 0.5) is 0 Å². The summed E-state index contributed by atoms with van der Waals surface area (Å²) in [6.45, 7) is 10.2. The summed E-state index contributed by atoms with van der Waals surface area (Å²) in [6.07, 6.45) is 1.08. The van der Waals surface area contributed by atoms with Crippen LogP contribution in [-0.4, -0.2) is 112 Å². The predicted molar refractivity (Wildman–Crippen MR) is 123 cm³/mol. The minimum atomic E-state index is -3.65. The summed E-state index contributed by atoms with van der Waals surface area (Å²) in [5.74, 6) is 0.0302. The van der Waals surface area contributed by atoms with Gasteiger partial charge in [-0.15, -0.1) is 0 Å². The van der Waals surface area contributed by atoms with Crippen molar-refractivity contribution < 1.29 is 13.2 Å². The van der Waals surface area contributed by atoms with Crippen molar-refractivity contribution in [2.75, 3.05) is 79.0 Å². The number of benzene rings is 1. The van der Waals surface area contributed by atoms with Crippen molar-refractivity contribution in [2.24, 2.45) is 0 Å². The van der Waals surface area contributed by atoms with Crippen molar-refractivity contribution in [3.8, 4) is 0 Å². The molecule has 0 saturated carbocycles. The lowest BCUT2D eigenvalue weighted by atomic mass is 10.2. The Bertz CT molecular complexity index is 801. The predicted octanol–water partition coefficient (Wildman–Crippen LogP) is 0.309. The molecule has 9 heteroatoms. The minimum absolute atomic E-state index is 0.0302. The standard InChI is InChI=1S/C22H37N5O3S/c1-3-20-4-6-21(7-5-20)31(29,30)27(19-18-25-16-14-24(2)15-17-25)11-8-22(28)26-12-9-23-10-13-26/h4-7,23H,3,8-19H2,1-2H3. The van der Waals surface area contributed by atoms with Crippen LogP contribution in [0.5, 0.6) is 0 Å². The first-order valence-electron chi connectivity index (χ1n) is 11.4. The quantitative estimate of drug-likeness (QED) is 0.582. The van der Waals surface area contributed by atoms with Crippen molar-refractivity contribution in [3.05, 3.63) is 29.8 Å². The third-order valence-electron chi connectivity index (χ3n) is 6.28. The second kappa shape index (κ2) is 11.4. The van der Waals surface area contributed by atoms with Gasteiger partial charge in [0.15, 0.2) is 0 Å². The van der Waals surface area contributed by atoms with Crippen molar-refractivity contribution in [3.63, 3.8) is 0 Å². The molecule has 0 aliphatic carbocycles. The molecule has 0 bridgehead atoms. The number of aryl methyl sites for hydroxylation is 1. The Balaban J connectivity index is 1.68. The number of amides is 1. The van der Waals surface area contributed by atoms with E-state index in [0.29, 0.717) is 31.1 Å². The van der Waals surface area contributed by atoms with Crippen molar-refractivity contribution in [2.45, 2.75) is 24.7 Å². The molecule has 2 aliphatic heterocycles. The highest BCUT2D eigenvalue weighted by molar-refractivity contribution is 7.89. The van der Waals surface area contributed by atoms with Gasteiger partial charge in [-0.2, -0.15) is 4.31 Å². The number of carbonyl (C=O) groups excluding carboxylic acids is 1. The molecule has 31 heavy (non-hydrogen) atoms. The molecule has 0 spiro atoms. The van der Waals surface area contributed by atoms with Gasteiger partial charge in [-0.1, -0.05) is 19.1 Å². The van der Waals surface area contributed by atoms with Crippen molar-refractivity contribution in [1.82, 2.24) is 24.3 Å². The van der Waals surface area contributed by atoms with Gasteiger partial charge in [0.1, 0.15) is 0 Å². The van der Waals surface area contributed by atoms with E-state index < -0.39 is 10.0 Å². The Morgan fingerprint density at radius 2 is 1.65 bits per heavy atom. The summed E-state index contributed by atoms with van der Waals surface area (Å²) in [5, 5.41) is 3.24. The third-order valence-corrected chi connectivity index (χ3v) is 8.19. The Kier molecular flexibility index (Phi) is 8.85. The van der Waals surface area contributed by atoms with Crippen LogP contribution in [-0.2, 0) is 21.2 Å². The molecule has 8 nitrogen and oxygen atoms in total. The maximum Gasteiger partial charge on any atom is 0.243 e. The fourth-order valence-corrected chi connectivity index (χ4v) is 5.45. The number of rotatable bonds is 9. The first-order chi connectivity index (χ1) is 14.9. The molecule has 1 aromatic carbocycles. The first kappa shape index (κ1) is 24.1. The molecule has 1 amide bonds. The number of nitrogens with zero attached hydrogens (tertiary/aromatic N) is 4. The Labute approximate surface area is 187 Å². The highest BCUT2D eigenvalue weighted by atomic mass is 32.2. The van der Waals surface area contributed by atoms with Crippen LogP contribution in [0.15, 0.2) is 29.2 Å². The monoisotopic (exact) mass is 451 g/mol. The molecular formula is C22H37N5O3S. The lowest BCUT2D eigenvalue weighted by Crippen LogP contribution is -2.49. The average Bonchev–Trinajstić information content (AvgIpc) is 2.80. The molecular weight excluding hydrogens is 414 g/mol. The lowest BCUT2D eigenvalue weighted by molar-refractivity contribution is -0.131. The van der Waals surface area contributed by atoms with Crippen LogP contribution in [0.3, 0.4) is 0 Å². The van der Waals surface area contributed by atoms with E-state index in [9.17, 15) is 13.2 Å². The second-order valence-electron chi connectivity index (χ2n) is 8.43. The SMILES string of the molecule is CCc1ccc(S(=O)(=O)N(CCC(=O)N2CCNCC2)CCN2CCN(C)CC2)cc1. The van der Waals surface area contributed by atoms with E-state index in [1.54, 1.807) is 12.1 Å². The van der Waals surface area contributed by atoms with Gasteiger partial charge in [-0.05, 0) is 31.2 Å². The van der Waals surface area contributed by atoms with Crippen molar-refractivity contribution in [1.29, 1.82) is 0 Å². The summed E-state index contributed by atoms with van der Waals surface area (Å²) in [6, 6.07) is 7.12. The van der Waals surface area contributed by atoms with E-state index in [4.69, 9.17) is 0 Å². The number of likely N-dealkylation sites (N-methyl/N-ethyl adjacent to an activating group) is 1. The zero-order chi connectivity index (χ0) is 22.3. The second-order valence-corrected chi connectivity index (χ2v) is 10.4. The van der Waals surface area contributed by atoms with Gasteiger partial charge in [0.25, 0.3) is 0 Å². The van der Waals surface area contributed by atoms with Crippen LogP contribution in [0, 0.1) is 0 Å². The topological polar surface area (TPSA) is 76.2 Å². The summed E-state index contributed by atoms with van der Waals surface area (Å²) in [7, 11) is -1.54. The number of nitrogens with one attached hydrogen (secondary N) is 1. The molecule has 0 unspecified atom stereocenters. The van der Waals surface area contributed by atoms with E-state index in [1.165, 1.54) is 4.31 Å². The van der Waals surface area contributed by atoms with Gasteiger partial charge in [0.05, 0.1) is 4.90 Å². The molecule has 1 aromatic rings. The normalized spacial score (nSPS) is 19.1. The molecule has 174 valence electrons. The van der Waals surface area contributed by atoms with Crippen LogP contribution in [0.1, 0.15) is 18.9 Å². The van der Waals surface area contributed by atoms with E-state index in [-0.39, 0.29) is 18.9 Å². The van der Waals surface area contributed by atoms with E-state index in [2.05, 4.69) is 22.2 Å². The zero-order valence-corrected chi connectivity index (χ0v) is 19.7. The molecule has 2 heterocycles. The van der Waals surface area contributed by atoms with E-state index in [1.807, 2.05) is 24.0 Å². The Hall–Kier alpha value is -1.52. The molecule has 0 aromatic heterocycles.